The Hall–Kier alpha value is -3.84. The Morgan fingerprint density at radius 2 is 1.80 bits per heavy atom. The highest BCUT2D eigenvalue weighted by atomic mass is 32.2. The van der Waals surface area contributed by atoms with Crippen molar-refractivity contribution in [1.29, 1.82) is 0 Å². The predicted octanol–water partition coefficient (Wildman–Crippen LogP) is 3.90. The summed E-state index contributed by atoms with van der Waals surface area (Å²) in [4.78, 5) is 7.08. The summed E-state index contributed by atoms with van der Waals surface area (Å²) in [6, 6.07) is 16.7. The van der Waals surface area contributed by atoms with Crippen LogP contribution >= 0.6 is 0 Å². The largest absolute Gasteiger partial charge is 0.379 e. The Morgan fingerprint density at radius 1 is 0.976 bits per heavy atom. The van der Waals surface area contributed by atoms with Gasteiger partial charge in [-0.15, -0.1) is 5.10 Å². The topological polar surface area (TPSA) is 119 Å². The van der Waals surface area contributed by atoms with E-state index in [0.29, 0.717) is 5.95 Å². The minimum absolute atomic E-state index is 0.200. The van der Waals surface area contributed by atoms with Gasteiger partial charge in [-0.2, -0.15) is 5.10 Å². The average molecular weight is 575 g/mol. The van der Waals surface area contributed by atoms with Gasteiger partial charge in [0.05, 0.1) is 47.6 Å². The van der Waals surface area contributed by atoms with Crippen LogP contribution in [0.25, 0.3) is 27.7 Å². The summed E-state index contributed by atoms with van der Waals surface area (Å²) >= 11 is 0. The summed E-state index contributed by atoms with van der Waals surface area (Å²) in [6.45, 7) is 10.7. The number of benzene rings is 2. The lowest BCUT2D eigenvalue weighted by Gasteiger charge is -2.26. The van der Waals surface area contributed by atoms with Gasteiger partial charge in [0.2, 0.25) is 16.0 Å². The third-order valence-corrected chi connectivity index (χ3v) is 8.59. The molecule has 0 unspecified atom stereocenters. The molecule has 1 aliphatic heterocycles. The van der Waals surface area contributed by atoms with Gasteiger partial charge in [-0.25, -0.2) is 22.6 Å². The molecule has 0 bridgehead atoms. The van der Waals surface area contributed by atoms with Crippen molar-refractivity contribution in [2.75, 3.05) is 38.2 Å². The summed E-state index contributed by atoms with van der Waals surface area (Å²) in [5.74, 6) is 0.423. The van der Waals surface area contributed by atoms with Crippen LogP contribution in [0.5, 0.6) is 0 Å². The van der Waals surface area contributed by atoms with Crippen molar-refractivity contribution in [2.24, 2.45) is 0 Å². The first-order chi connectivity index (χ1) is 19.6. The van der Waals surface area contributed by atoms with Gasteiger partial charge in [-0.3, -0.25) is 9.58 Å². The normalized spacial score (nSPS) is 15.1. The standard InChI is InChI=1S/C29H34N8O3S/c1-29(2,3)34-41(38,39)25-6-4-5-21(18-25)27-10-8-24-19-30-28(33-37(24)27)31-23-7-9-26-22(17-23)20-36(32-26)12-11-35-13-15-40-16-14-35/h4-10,17-20,34H,11-16H2,1-3H3,(H,31,33). The fraction of sp³-hybridized carbons (Fsp3) is 0.345. The Labute approximate surface area is 239 Å². The van der Waals surface area contributed by atoms with Gasteiger partial charge < -0.3 is 10.1 Å². The number of nitrogens with zero attached hydrogens (tertiary/aromatic N) is 6. The number of nitrogens with one attached hydrogen (secondary N) is 2. The Morgan fingerprint density at radius 3 is 2.61 bits per heavy atom. The summed E-state index contributed by atoms with van der Waals surface area (Å²) < 4.78 is 37.8. The van der Waals surface area contributed by atoms with Crippen LogP contribution in [0.15, 0.2) is 71.9 Å². The molecule has 0 spiro atoms. The number of anilines is 2. The van der Waals surface area contributed by atoms with Gasteiger partial charge in [0, 0.05) is 48.0 Å². The molecule has 6 rings (SSSR count). The highest BCUT2D eigenvalue weighted by Crippen LogP contribution is 2.26. The Kier molecular flexibility index (Phi) is 7.24. The van der Waals surface area contributed by atoms with E-state index in [2.05, 4.69) is 26.1 Å². The minimum Gasteiger partial charge on any atom is -0.379 e. The molecule has 12 heteroatoms. The molecule has 0 amide bonds. The highest BCUT2D eigenvalue weighted by molar-refractivity contribution is 7.89. The predicted molar refractivity (Wildman–Crippen MR) is 159 cm³/mol. The smallest absolute Gasteiger partial charge is 0.245 e. The van der Waals surface area contributed by atoms with Crippen LogP contribution in [0.4, 0.5) is 11.6 Å². The molecule has 0 radical (unpaired) electrons. The van der Waals surface area contributed by atoms with Crippen molar-refractivity contribution in [2.45, 2.75) is 37.8 Å². The van der Waals surface area contributed by atoms with E-state index in [1.807, 2.05) is 61.9 Å². The van der Waals surface area contributed by atoms with Crippen molar-refractivity contribution < 1.29 is 13.2 Å². The Bertz CT molecular complexity index is 1800. The molecule has 1 saturated heterocycles. The van der Waals surface area contributed by atoms with Crippen LogP contribution < -0.4 is 10.0 Å². The van der Waals surface area contributed by atoms with E-state index in [4.69, 9.17) is 14.9 Å². The second kappa shape index (κ2) is 10.9. The number of aromatic nitrogens is 5. The van der Waals surface area contributed by atoms with Crippen molar-refractivity contribution in [3.05, 3.63) is 67.0 Å². The number of sulfonamides is 1. The molecular formula is C29H34N8O3S. The van der Waals surface area contributed by atoms with E-state index in [-0.39, 0.29) is 4.90 Å². The maximum absolute atomic E-state index is 12.9. The summed E-state index contributed by atoms with van der Waals surface area (Å²) in [6.07, 6.45) is 3.80. The summed E-state index contributed by atoms with van der Waals surface area (Å²) in [7, 11) is -3.68. The van der Waals surface area contributed by atoms with Crippen molar-refractivity contribution in [3.63, 3.8) is 0 Å². The van der Waals surface area contributed by atoms with E-state index in [1.165, 1.54) is 0 Å². The lowest BCUT2D eigenvalue weighted by atomic mass is 10.1. The number of fused-ring (bicyclic) bond motifs is 2. The maximum atomic E-state index is 12.9. The second-order valence-corrected chi connectivity index (χ2v) is 12.9. The van der Waals surface area contributed by atoms with Crippen molar-refractivity contribution in [3.8, 4) is 11.3 Å². The van der Waals surface area contributed by atoms with Crippen LogP contribution in [0.1, 0.15) is 20.8 Å². The molecule has 5 aromatic rings. The van der Waals surface area contributed by atoms with Crippen molar-refractivity contribution in [1.82, 2.24) is 34.0 Å². The quantitative estimate of drug-likeness (QED) is 0.287. The fourth-order valence-corrected chi connectivity index (χ4v) is 6.39. The first-order valence-corrected chi connectivity index (χ1v) is 15.1. The molecule has 214 valence electrons. The minimum atomic E-state index is -3.68. The summed E-state index contributed by atoms with van der Waals surface area (Å²) in [5, 5.41) is 13.8. The van der Waals surface area contributed by atoms with Gasteiger partial charge in [0.25, 0.3) is 0 Å². The van der Waals surface area contributed by atoms with E-state index >= 15 is 0 Å². The fourth-order valence-electron chi connectivity index (χ4n) is 4.93. The number of rotatable bonds is 8. The molecular weight excluding hydrogens is 540 g/mol. The van der Waals surface area contributed by atoms with Crippen LogP contribution in [0, 0.1) is 0 Å². The van der Waals surface area contributed by atoms with Gasteiger partial charge in [-0.1, -0.05) is 12.1 Å². The summed E-state index contributed by atoms with van der Waals surface area (Å²) in [5.41, 5.74) is 3.47. The molecule has 1 aliphatic rings. The van der Waals surface area contributed by atoms with E-state index in [1.54, 1.807) is 28.9 Å². The molecule has 3 aromatic heterocycles. The van der Waals surface area contributed by atoms with E-state index < -0.39 is 15.6 Å². The van der Waals surface area contributed by atoms with Crippen LogP contribution in [-0.2, 0) is 21.3 Å². The average Bonchev–Trinajstić information content (AvgIpc) is 3.55. The van der Waals surface area contributed by atoms with Crippen LogP contribution in [-0.4, -0.2) is 76.1 Å². The molecule has 0 saturated carbocycles. The lowest BCUT2D eigenvalue weighted by molar-refractivity contribution is 0.0360. The number of hydrogen-bond donors (Lipinski definition) is 2. The number of morpholine rings is 1. The molecule has 2 aromatic carbocycles. The zero-order valence-electron chi connectivity index (χ0n) is 23.4. The van der Waals surface area contributed by atoms with Crippen molar-refractivity contribution >= 4 is 38.1 Å². The van der Waals surface area contributed by atoms with Crippen LogP contribution in [0.2, 0.25) is 0 Å². The molecule has 0 aliphatic carbocycles. The monoisotopic (exact) mass is 574 g/mol. The van der Waals surface area contributed by atoms with Gasteiger partial charge in [0.1, 0.15) is 0 Å². The first-order valence-electron chi connectivity index (χ1n) is 13.7. The zero-order valence-corrected chi connectivity index (χ0v) is 24.2. The third kappa shape index (κ3) is 6.25. The molecule has 11 nitrogen and oxygen atoms in total. The molecule has 4 heterocycles. The lowest BCUT2D eigenvalue weighted by Crippen LogP contribution is -2.40. The van der Waals surface area contributed by atoms with Gasteiger partial charge >= 0.3 is 0 Å². The van der Waals surface area contributed by atoms with Gasteiger partial charge in [0.15, 0.2) is 0 Å². The number of ether oxygens (including phenoxy) is 1. The zero-order chi connectivity index (χ0) is 28.6. The highest BCUT2D eigenvalue weighted by Gasteiger charge is 2.22. The van der Waals surface area contributed by atoms with Crippen LogP contribution in [0.3, 0.4) is 0 Å². The maximum Gasteiger partial charge on any atom is 0.245 e. The van der Waals surface area contributed by atoms with E-state index in [9.17, 15) is 8.42 Å². The molecule has 1 fully saturated rings. The Balaban J connectivity index is 1.22. The molecule has 41 heavy (non-hydrogen) atoms. The molecule has 0 atom stereocenters. The third-order valence-electron chi connectivity index (χ3n) is 6.84. The van der Waals surface area contributed by atoms with E-state index in [0.717, 1.165) is 72.8 Å². The number of hydrogen-bond acceptors (Lipinski definition) is 8. The SMILES string of the molecule is CC(C)(C)NS(=O)(=O)c1cccc(-c2ccc3cnc(Nc4ccc5nn(CCN6CCOCC6)cc5c4)nn23)c1. The second-order valence-electron chi connectivity index (χ2n) is 11.3. The molecule has 2 N–H and O–H groups in total. The first kappa shape index (κ1) is 27.3. The van der Waals surface area contributed by atoms with Gasteiger partial charge in [-0.05, 0) is 63.2 Å².